The van der Waals surface area contributed by atoms with Gasteiger partial charge >= 0.3 is 0 Å². The predicted molar refractivity (Wildman–Crippen MR) is 68.2 cm³/mol. The lowest BCUT2D eigenvalue weighted by atomic mass is 10.0. The molecule has 0 atom stereocenters. The van der Waals surface area contributed by atoms with Gasteiger partial charge in [0.1, 0.15) is 6.61 Å². The van der Waals surface area contributed by atoms with Crippen molar-refractivity contribution in [2.45, 2.75) is 38.2 Å². The molecular weight excluding hydrogens is 232 g/mol. The number of piperidine rings is 1. The van der Waals surface area contributed by atoms with E-state index >= 15 is 0 Å². The molecule has 5 heteroatoms. The van der Waals surface area contributed by atoms with Gasteiger partial charge in [-0.15, -0.1) is 0 Å². The Morgan fingerprint density at radius 3 is 2.72 bits per heavy atom. The number of rotatable bonds is 7. The smallest absolute Gasteiger partial charge is 0.246 e. The Morgan fingerprint density at radius 1 is 1.39 bits per heavy atom. The van der Waals surface area contributed by atoms with Gasteiger partial charge in [0.25, 0.3) is 0 Å². The lowest BCUT2D eigenvalue weighted by molar-refractivity contribution is -0.128. The van der Waals surface area contributed by atoms with Crippen LogP contribution in [0.4, 0.5) is 0 Å². The van der Waals surface area contributed by atoms with Crippen molar-refractivity contribution in [3.63, 3.8) is 0 Å². The van der Waals surface area contributed by atoms with Crippen LogP contribution in [0, 0.1) is 5.41 Å². The molecule has 0 spiro atoms. The van der Waals surface area contributed by atoms with Crippen LogP contribution >= 0.6 is 0 Å². The van der Waals surface area contributed by atoms with E-state index in [1.54, 1.807) is 0 Å². The number of nitrogens with one attached hydrogen (secondary N) is 2. The largest absolute Gasteiger partial charge is 0.396 e. The highest BCUT2D eigenvalue weighted by atomic mass is 16.5. The number of ether oxygens (including phenoxy) is 1. The zero-order valence-electron chi connectivity index (χ0n) is 10.9. The molecule has 3 N–H and O–H groups in total. The molecule has 0 aromatic rings. The molecule has 1 saturated carbocycles. The van der Waals surface area contributed by atoms with Crippen LogP contribution in [0.5, 0.6) is 0 Å². The van der Waals surface area contributed by atoms with Gasteiger partial charge in [0.2, 0.25) is 5.91 Å². The Hall–Kier alpha value is -0.650. The highest BCUT2D eigenvalue weighted by Crippen LogP contribution is 2.47. The standard InChI is InChI=1S/C13H24N2O3/c16-8-5-13(3-4-13)10-15-12(17)9-18-11-1-6-14-7-2-11/h11,14,16H,1-10H2,(H,15,17). The number of aliphatic hydroxyl groups excluding tert-OH is 1. The fourth-order valence-electron chi connectivity index (χ4n) is 2.42. The SMILES string of the molecule is O=C(COC1CCNCC1)NCC1(CCO)CC1. The maximum Gasteiger partial charge on any atom is 0.246 e. The molecule has 1 amide bonds. The lowest BCUT2D eigenvalue weighted by Crippen LogP contribution is -2.37. The van der Waals surface area contributed by atoms with Crippen molar-refractivity contribution in [2.75, 3.05) is 32.8 Å². The highest BCUT2D eigenvalue weighted by molar-refractivity contribution is 5.77. The van der Waals surface area contributed by atoms with Gasteiger partial charge in [-0.1, -0.05) is 0 Å². The Balaban J connectivity index is 1.57. The van der Waals surface area contributed by atoms with E-state index in [1.165, 1.54) is 0 Å². The number of aliphatic hydroxyl groups is 1. The summed E-state index contributed by atoms with van der Waals surface area (Å²) in [6.45, 7) is 3.01. The fourth-order valence-corrected chi connectivity index (χ4v) is 2.42. The molecule has 104 valence electrons. The van der Waals surface area contributed by atoms with Crippen LogP contribution in [0.15, 0.2) is 0 Å². The zero-order valence-corrected chi connectivity index (χ0v) is 10.9. The molecular formula is C13H24N2O3. The Labute approximate surface area is 108 Å². The molecule has 18 heavy (non-hydrogen) atoms. The van der Waals surface area contributed by atoms with Gasteiger partial charge in [0.15, 0.2) is 0 Å². The first-order chi connectivity index (χ1) is 8.74. The van der Waals surface area contributed by atoms with Gasteiger partial charge in [-0.25, -0.2) is 0 Å². The predicted octanol–water partition coefficient (Wildman–Crippen LogP) is 0.0338. The molecule has 1 aliphatic carbocycles. The fraction of sp³-hybridized carbons (Fsp3) is 0.923. The van der Waals surface area contributed by atoms with Crippen molar-refractivity contribution < 1.29 is 14.6 Å². The van der Waals surface area contributed by atoms with Crippen molar-refractivity contribution in [2.24, 2.45) is 5.41 Å². The molecule has 1 saturated heterocycles. The number of hydrogen-bond acceptors (Lipinski definition) is 4. The molecule has 0 bridgehead atoms. The van der Waals surface area contributed by atoms with Gasteiger partial charge in [-0.3, -0.25) is 4.79 Å². The van der Waals surface area contributed by atoms with Gasteiger partial charge in [0.05, 0.1) is 6.10 Å². The van der Waals surface area contributed by atoms with Crippen molar-refractivity contribution in [3.8, 4) is 0 Å². The summed E-state index contributed by atoms with van der Waals surface area (Å²) in [5, 5.41) is 15.1. The van der Waals surface area contributed by atoms with Gasteiger partial charge in [-0.05, 0) is 50.6 Å². The normalized spacial score (nSPS) is 22.7. The molecule has 5 nitrogen and oxygen atoms in total. The average Bonchev–Trinajstić information content (AvgIpc) is 3.16. The van der Waals surface area contributed by atoms with Crippen LogP contribution in [0.2, 0.25) is 0 Å². The minimum Gasteiger partial charge on any atom is -0.396 e. The van der Waals surface area contributed by atoms with Crippen LogP contribution in [0.25, 0.3) is 0 Å². The van der Waals surface area contributed by atoms with Crippen molar-refractivity contribution in [1.82, 2.24) is 10.6 Å². The quantitative estimate of drug-likeness (QED) is 0.601. The summed E-state index contributed by atoms with van der Waals surface area (Å²) in [6, 6.07) is 0. The topological polar surface area (TPSA) is 70.6 Å². The van der Waals surface area contributed by atoms with Crippen LogP contribution in [0.3, 0.4) is 0 Å². The summed E-state index contributed by atoms with van der Waals surface area (Å²) in [5.41, 5.74) is 0.180. The summed E-state index contributed by atoms with van der Waals surface area (Å²) in [5.74, 6) is -0.0299. The second-order valence-electron chi connectivity index (χ2n) is 5.51. The average molecular weight is 256 g/mol. The lowest BCUT2D eigenvalue weighted by Gasteiger charge is -2.23. The maximum atomic E-state index is 11.7. The Bertz CT molecular complexity index is 273. The van der Waals surface area contributed by atoms with E-state index in [0.29, 0.717) is 6.54 Å². The summed E-state index contributed by atoms with van der Waals surface area (Å²) in [4.78, 5) is 11.7. The van der Waals surface area contributed by atoms with Crippen LogP contribution in [-0.4, -0.2) is 50.0 Å². The van der Waals surface area contributed by atoms with E-state index in [9.17, 15) is 4.79 Å². The van der Waals surface area contributed by atoms with E-state index in [4.69, 9.17) is 9.84 Å². The minimum atomic E-state index is -0.0299. The Kier molecular flexibility index (Phi) is 4.97. The molecule has 1 aliphatic heterocycles. The molecule has 0 aromatic heterocycles. The van der Waals surface area contributed by atoms with Crippen molar-refractivity contribution in [1.29, 1.82) is 0 Å². The van der Waals surface area contributed by atoms with E-state index in [1.807, 2.05) is 0 Å². The number of hydrogen-bond donors (Lipinski definition) is 3. The third kappa shape index (κ3) is 4.23. The minimum absolute atomic E-state index is 0.0299. The molecule has 0 aromatic carbocycles. The molecule has 0 unspecified atom stereocenters. The van der Waals surface area contributed by atoms with Crippen LogP contribution < -0.4 is 10.6 Å². The van der Waals surface area contributed by atoms with Gasteiger partial charge < -0.3 is 20.5 Å². The van der Waals surface area contributed by atoms with Gasteiger partial charge in [0, 0.05) is 13.2 Å². The maximum absolute atomic E-state index is 11.7. The third-order valence-corrected chi connectivity index (χ3v) is 4.00. The number of amides is 1. The van der Waals surface area contributed by atoms with Crippen molar-refractivity contribution >= 4 is 5.91 Å². The first-order valence-electron chi connectivity index (χ1n) is 6.94. The molecule has 1 heterocycles. The molecule has 0 radical (unpaired) electrons. The van der Waals surface area contributed by atoms with E-state index in [2.05, 4.69) is 10.6 Å². The first kappa shape index (κ1) is 13.8. The summed E-state index contributed by atoms with van der Waals surface area (Å²) in [6.07, 6.45) is 5.22. The monoisotopic (exact) mass is 256 g/mol. The summed E-state index contributed by atoms with van der Waals surface area (Å²) < 4.78 is 5.59. The highest BCUT2D eigenvalue weighted by Gasteiger charge is 2.41. The summed E-state index contributed by atoms with van der Waals surface area (Å²) >= 11 is 0. The Morgan fingerprint density at radius 2 is 2.11 bits per heavy atom. The zero-order chi connectivity index (χ0) is 12.8. The van der Waals surface area contributed by atoms with E-state index in [-0.39, 0.29) is 30.6 Å². The molecule has 2 rings (SSSR count). The first-order valence-corrected chi connectivity index (χ1v) is 6.94. The van der Waals surface area contributed by atoms with Gasteiger partial charge in [-0.2, -0.15) is 0 Å². The number of carbonyl (C=O) groups is 1. The number of carbonyl (C=O) groups excluding carboxylic acids is 1. The summed E-state index contributed by atoms with van der Waals surface area (Å²) in [7, 11) is 0. The molecule has 2 aliphatic rings. The second kappa shape index (κ2) is 6.50. The van der Waals surface area contributed by atoms with Crippen LogP contribution in [-0.2, 0) is 9.53 Å². The van der Waals surface area contributed by atoms with Crippen molar-refractivity contribution in [3.05, 3.63) is 0 Å². The van der Waals surface area contributed by atoms with E-state index < -0.39 is 0 Å². The second-order valence-corrected chi connectivity index (χ2v) is 5.51. The molecule has 2 fully saturated rings. The van der Waals surface area contributed by atoms with E-state index in [0.717, 1.165) is 45.2 Å². The van der Waals surface area contributed by atoms with Crippen LogP contribution in [0.1, 0.15) is 32.1 Å². The third-order valence-electron chi connectivity index (χ3n) is 4.00.